The Morgan fingerprint density at radius 1 is 1.29 bits per heavy atom. The zero-order valence-corrected chi connectivity index (χ0v) is 12.1. The van der Waals surface area contributed by atoms with Gasteiger partial charge >= 0.3 is 0 Å². The third-order valence-corrected chi connectivity index (χ3v) is 3.30. The predicted octanol–water partition coefficient (Wildman–Crippen LogP) is 2.97. The highest BCUT2D eigenvalue weighted by atomic mass is 19.1. The number of rotatable bonds is 4. The fourth-order valence-corrected chi connectivity index (χ4v) is 2.29. The molecule has 21 heavy (non-hydrogen) atoms. The molecule has 5 heteroatoms. The summed E-state index contributed by atoms with van der Waals surface area (Å²) in [5.41, 5.74) is 13.3. The molecule has 0 fully saturated rings. The van der Waals surface area contributed by atoms with Crippen LogP contribution in [0.3, 0.4) is 0 Å². The minimum absolute atomic E-state index is 0.0454. The molecule has 0 heterocycles. The summed E-state index contributed by atoms with van der Waals surface area (Å²) in [7, 11) is 0. The van der Waals surface area contributed by atoms with Crippen LogP contribution in [-0.2, 0) is 0 Å². The molecule has 0 saturated heterocycles. The summed E-state index contributed by atoms with van der Waals surface area (Å²) in [4.78, 5) is 13.2. The van der Waals surface area contributed by atoms with Crippen LogP contribution in [0.2, 0.25) is 0 Å². The van der Waals surface area contributed by atoms with Crippen LogP contribution in [0.4, 0.5) is 21.5 Å². The molecule has 0 aromatic heterocycles. The maximum atomic E-state index is 14.2. The quantitative estimate of drug-likeness (QED) is 0.849. The number of halogens is 1. The normalized spacial score (nSPS) is 10.4. The van der Waals surface area contributed by atoms with Crippen LogP contribution < -0.4 is 16.4 Å². The van der Waals surface area contributed by atoms with E-state index in [4.69, 9.17) is 11.5 Å². The van der Waals surface area contributed by atoms with E-state index in [0.29, 0.717) is 6.54 Å². The summed E-state index contributed by atoms with van der Waals surface area (Å²) in [6.45, 7) is 4.41. The zero-order chi connectivity index (χ0) is 15.6. The first kappa shape index (κ1) is 14.8. The first-order valence-corrected chi connectivity index (χ1v) is 6.67. The molecular weight excluding hydrogens is 269 g/mol. The molecule has 0 spiro atoms. The minimum Gasteiger partial charge on any atom is -0.398 e. The van der Waals surface area contributed by atoms with Crippen LogP contribution in [-0.4, -0.2) is 12.5 Å². The predicted molar refractivity (Wildman–Crippen MR) is 83.2 cm³/mol. The SMILES string of the molecule is CCN(c1cccc(C)c1)c1cc(C(N)=O)c(N)cc1F. The average Bonchev–Trinajstić information content (AvgIpc) is 2.41. The molecule has 0 atom stereocenters. The molecule has 1 amide bonds. The fourth-order valence-electron chi connectivity index (χ4n) is 2.29. The van der Waals surface area contributed by atoms with Crippen molar-refractivity contribution >= 4 is 23.0 Å². The minimum atomic E-state index is -0.672. The van der Waals surface area contributed by atoms with Crippen molar-refractivity contribution in [2.75, 3.05) is 17.2 Å². The highest BCUT2D eigenvalue weighted by Gasteiger charge is 2.17. The van der Waals surface area contributed by atoms with Crippen molar-refractivity contribution in [3.05, 3.63) is 53.3 Å². The van der Waals surface area contributed by atoms with E-state index < -0.39 is 11.7 Å². The van der Waals surface area contributed by atoms with Crippen molar-refractivity contribution in [1.29, 1.82) is 0 Å². The highest BCUT2D eigenvalue weighted by Crippen LogP contribution is 2.31. The van der Waals surface area contributed by atoms with Crippen LogP contribution >= 0.6 is 0 Å². The molecule has 0 saturated carbocycles. The van der Waals surface area contributed by atoms with Gasteiger partial charge in [-0.25, -0.2) is 4.39 Å². The molecule has 2 rings (SSSR count). The maximum absolute atomic E-state index is 14.2. The number of nitrogens with two attached hydrogens (primary N) is 2. The van der Waals surface area contributed by atoms with E-state index in [0.717, 1.165) is 17.3 Å². The van der Waals surface area contributed by atoms with Gasteiger partial charge in [0.05, 0.1) is 11.3 Å². The van der Waals surface area contributed by atoms with E-state index in [1.807, 2.05) is 38.1 Å². The van der Waals surface area contributed by atoms with Gasteiger partial charge in [-0.2, -0.15) is 0 Å². The van der Waals surface area contributed by atoms with Crippen molar-refractivity contribution in [2.45, 2.75) is 13.8 Å². The topological polar surface area (TPSA) is 72.3 Å². The van der Waals surface area contributed by atoms with E-state index in [2.05, 4.69) is 0 Å². The summed E-state index contributed by atoms with van der Waals surface area (Å²) < 4.78 is 14.2. The third-order valence-electron chi connectivity index (χ3n) is 3.30. The number of carbonyl (C=O) groups excluding carboxylic acids is 1. The molecule has 110 valence electrons. The van der Waals surface area contributed by atoms with Crippen molar-refractivity contribution in [3.63, 3.8) is 0 Å². The molecular formula is C16H18FN3O. The van der Waals surface area contributed by atoms with Gasteiger partial charge in [-0.1, -0.05) is 12.1 Å². The molecule has 0 aliphatic carbocycles. The second kappa shape index (κ2) is 5.83. The van der Waals surface area contributed by atoms with Gasteiger partial charge in [-0.3, -0.25) is 4.79 Å². The zero-order valence-electron chi connectivity index (χ0n) is 12.1. The summed E-state index contributed by atoms with van der Waals surface area (Å²) in [6.07, 6.45) is 0. The van der Waals surface area contributed by atoms with Crippen LogP contribution in [0.1, 0.15) is 22.8 Å². The Kier molecular flexibility index (Phi) is 4.12. The third kappa shape index (κ3) is 2.97. The summed E-state index contributed by atoms with van der Waals surface area (Å²) in [5.74, 6) is -1.16. The van der Waals surface area contributed by atoms with Crippen molar-refractivity contribution in [2.24, 2.45) is 5.73 Å². The molecule has 4 nitrogen and oxygen atoms in total. The lowest BCUT2D eigenvalue weighted by atomic mass is 10.1. The number of amides is 1. The Balaban J connectivity index is 2.57. The van der Waals surface area contributed by atoms with Crippen molar-refractivity contribution in [3.8, 4) is 0 Å². The average molecular weight is 287 g/mol. The van der Waals surface area contributed by atoms with Gasteiger partial charge in [0.25, 0.3) is 5.91 Å². The smallest absolute Gasteiger partial charge is 0.250 e. The van der Waals surface area contributed by atoms with Gasteiger partial charge in [0.1, 0.15) is 5.82 Å². The van der Waals surface area contributed by atoms with Gasteiger partial charge in [0.2, 0.25) is 0 Å². The summed E-state index contributed by atoms with van der Waals surface area (Å²) in [6, 6.07) is 10.2. The largest absolute Gasteiger partial charge is 0.398 e. The monoisotopic (exact) mass is 287 g/mol. The van der Waals surface area contributed by atoms with Crippen LogP contribution in [0, 0.1) is 12.7 Å². The molecule has 2 aromatic rings. The number of aryl methyl sites for hydroxylation is 1. The van der Waals surface area contributed by atoms with Crippen molar-refractivity contribution < 1.29 is 9.18 Å². The molecule has 0 radical (unpaired) electrons. The van der Waals surface area contributed by atoms with Crippen LogP contribution in [0.25, 0.3) is 0 Å². The second-order valence-corrected chi connectivity index (χ2v) is 4.84. The van der Waals surface area contributed by atoms with E-state index in [1.54, 1.807) is 4.90 Å². The van der Waals surface area contributed by atoms with Gasteiger partial charge in [0.15, 0.2) is 0 Å². The van der Waals surface area contributed by atoms with Gasteiger partial charge in [-0.15, -0.1) is 0 Å². The number of hydrogen-bond acceptors (Lipinski definition) is 3. The molecule has 4 N–H and O–H groups in total. The number of benzene rings is 2. The molecule has 2 aromatic carbocycles. The van der Waals surface area contributed by atoms with Gasteiger partial charge < -0.3 is 16.4 Å². The number of hydrogen-bond donors (Lipinski definition) is 2. The highest BCUT2D eigenvalue weighted by molar-refractivity contribution is 5.99. The summed E-state index contributed by atoms with van der Waals surface area (Å²) in [5, 5.41) is 0. The molecule has 0 aliphatic heterocycles. The van der Waals surface area contributed by atoms with Gasteiger partial charge in [-0.05, 0) is 43.7 Å². The Morgan fingerprint density at radius 2 is 2.00 bits per heavy atom. The number of nitrogens with zero attached hydrogens (tertiary/aromatic N) is 1. The lowest BCUT2D eigenvalue weighted by Crippen LogP contribution is -2.20. The first-order chi connectivity index (χ1) is 9.93. The number of carbonyl (C=O) groups is 1. The second-order valence-electron chi connectivity index (χ2n) is 4.84. The maximum Gasteiger partial charge on any atom is 0.250 e. The lowest BCUT2D eigenvalue weighted by Gasteiger charge is -2.25. The van der Waals surface area contributed by atoms with E-state index in [-0.39, 0.29) is 16.9 Å². The van der Waals surface area contributed by atoms with Gasteiger partial charge in [0, 0.05) is 17.9 Å². The van der Waals surface area contributed by atoms with E-state index in [9.17, 15) is 9.18 Å². The van der Waals surface area contributed by atoms with E-state index in [1.165, 1.54) is 6.07 Å². The Bertz CT molecular complexity index is 685. The standard InChI is InChI=1S/C16H18FN3O/c1-3-20(11-6-4-5-10(2)7-11)15-8-12(16(19)21)14(18)9-13(15)17/h4-9H,3,18H2,1-2H3,(H2,19,21). The first-order valence-electron chi connectivity index (χ1n) is 6.67. The Labute approximate surface area is 123 Å². The van der Waals surface area contributed by atoms with Crippen LogP contribution in [0.15, 0.2) is 36.4 Å². The van der Waals surface area contributed by atoms with Crippen LogP contribution in [0.5, 0.6) is 0 Å². The fraction of sp³-hybridized carbons (Fsp3) is 0.188. The number of nitrogen functional groups attached to an aromatic ring is 1. The number of primary amides is 1. The lowest BCUT2D eigenvalue weighted by molar-refractivity contribution is 0.100. The molecule has 0 bridgehead atoms. The number of anilines is 3. The Hall–Kier alpha value is -2.56. The van der Waals surface area contributed by atoms with E-state index >= 15 is 0 Å². The molecule has 0 unspecified atom stereocenters. The summed E-state index contributed by atoms with van der Waals surface area (Å²) >= 11 is 0. The Morgan fingerprint density at radius 3 is 2.57 bits per heavy atom. The van der Waals surface area contributed by atoms with Crippen molar-refractivity contribution in [1.82, 2.24) is 0 Å². The molecule has 0 aliphatic rings.